The van der Waals surface area contributed by atoms with Crippen LogP contribution in [0.25, 0.3) is 0 Å². The van der Waals surface area contributed by atoms with Crippen LogP contribution in [0.15, 0.2) is 0 Å². The van der Waals surface area contributed by atoms with Gasteiger partial charge in [-0.1, -0.05) is 48.5 Å². The predicted octanol–water partition coefficient (Wildman–Crippen LogP) is 4.10. The summed E-state index contributed by atoms with van der Waals surface area (Å²) in [5, 5.41) is 0.222. The normalized spacial score (nSPS) is 31.5. The maximum Gasteiger partial charge on any atom is 0.349 e. The molecule has 0 aliphatic carbocycles. The van der Waals surface area contributed by atoms with E-state index in [2.05, 4.69) is 55.4 Å². The molecule has 0 radical (unpaired) electrons. The first kappa shape index (κ1) is 14.2. The zero-order valence-corrected chi connectivity index (χ0v) is 13.2. The van der Waals surface area contributed by atoms with Gasteiger partial charge in [-0.2, -0.15) is 0 Å². The molecule has 1 saturated heterocycles. The molecule has 0 spiro atoms. The van der Waals surface area contributed by atoms with E-state index in [1.807, 2.05) is 0 Å². The lowest BCUT2D eigenvalue weighted by molar-refractivity contribution is -0.00960. The van der Waals surface area contributed by atoms with E-state index in [1.165, 1.54) is 0 Å². The predicted molar refractivity (Wildman–Crippen MR) is 70.8 cm³/mol. The van der Waals surface area contributed by atoms with Crippen molar-refractivity contribution in [3.63, 3.8) is 0 Å². The van der Waals surface area contributed by atoms with Crippen molar-refractivity contribution in [2.24, 2.45) is 5.92 Å². The molecule has 1 rings (SSSR count). The molecule has 16 heavy (non-hydrogen) atoms. The van der Waals surface area contributed by atoms with Crippen LogP contribution >= 0.6 is 0 Å². The maximum atomic E-state index is 6.43. The SMILES string of the molecule is C[C@@H]1CO[Si](C(C)(C)C)(C(C)(C)C)O[C@@H]1C. The van der Waals surface area contributed by atoms with Crippen molar-refractivity contribution >= 4 is 8.56 Å². The maximum absolute atomic E-state index is 6.43. The van der Waals surface area contributed by atoms with Crippen LogP contribution in [-0.2, 0) is 8.85 Å². The van der Waals surface area contributed by atoms with E-state index in [0.717, 1.165) is 6.61 Å². The lowest BCUT2D eigenvalue weighted by Crippen LogP contribution is -2.62. The summed E-state index contributed by atoms with van der Waals surface area (Å²) >= 11 is 0. The summed E-state index contributed by atoms with van der Waals surface area (Å²) in [4.78, 5) is 0. The molecule has 1 aliphatic rings. The van der Waals surface area contributed by atoms with Gasteiger partial charge < -0.3 is 8.85 Å². The van der Waals surface area contributed by atoms with Crippen molar-refractivity contribution in [3.05, 3.63) is 0 Å². The Morgan fingerprint density at radius 1 is 0.938 bits per heavy atom. The zero-order valence-electron chi connectivity index (χ0n) is 12.2. The largest absolute Gasteiger partial charge is 0.393 e. The molecular formula is C13H28O2Si. The molecule has 0 amide bonds. The van der Waals surface area contributed by atoms with Crippen molar-refractivity contribution in [2.75, 3.05) is 6.61 Å². The van der Waals surface area contributed by atoms with Gasteiger partial charge in [-0.25, -0.2) is 0 Å². The second-order valence-corrected chi connectivity index (χ2v) is 12.0. The molecule has 2 nitrogen and oxygen atoms in total. The van der Waals surface area contributed by atoms with E-state index < -0.39 is 8.56 Å². The van der Waals surface area contributed by atoms with Crippen LogP contribution in [0.1, 0.15) is 55.4 Å². The molecule has 1 aliphatic heterocycles. The van der Waals surface area contributed by atoms with Crippen molar-refractivity contribution < 1.29 is 8.85 Å². The van der Waals surface area contributed by atoms with Crippen molar-refractivity contribution in [2.45, 2.75) is 71.6 Å². The third-order valence-corrected chi connectivity index (χ3v) is 8.90. The highest BCUT2D eigenvalue weighted by atomic mass is 28.4. The van der Waals surface area contributed by atoms with Crippen LogP contribution < -0.4 is 0 Å². The first-order valence-corrected chi connectivity index (χ1v) is 8.15. The third kappa shape index (κ3) is 2.22. The van der Waals surface area contributed by atoms with Gasteiger partial charge in [0.2, 0.25) is 0 Å². The molecule has 0 aromatic rings. The summed E-state index contributed by atoms with van der Waals surface area (Å²) in [6.45, 7) is 18.8. The Kier molecular flexibility index (Phi) is 3.65. The van der Waals surface area contributed by atoms with E-state index >= 15 is 0 Å². The molecule has 2 atom stereocenters. The molecule has 0 unspecified atom stereocenters. The number of hydrogen-bond acceptors (Lipinski definition) is 2. The molecule has 3 heteroatoms. The Hall–Kier alpha value is 0.137. The molecule has 1 fully saturated rings. The van der Waals surface area contributed by atoms with Gasteiger partial charge in [0.25, 0.3) is 0 Å². The lowest BCUT2D eigenvalue weighted by Gasteiger charge is -2.54. The molecule has 0 bridgehead atoms. The van der Waals surface area contributed by atoms with Gasteiger partial charge >= 0.3 is 8.56 Å². The first-order chi connectivity index (χ1) is 7.01. The summed E-state index contributed by atoms with van der Waals surface area (Å²) in [5.41, 5.74) is 0. The summed E-state index contributed by atoms with van der Waals surface area (Å²) in [6.07, 6.45) is 0.318. The zero-order chi connectivity index (χ0) is 12.8. The lowest BCUT2D eigenvalue weighted by atomic mass is 10.1. The van der Waals surface area contributed by atoms with Gasteiger partial charge in [-0.15, -0.1) is 0 Å². The molecule has 0 aromatic carbocycles. The third-order valence-electron chi connectivity index (χ3n) is 3.68. The van der Waals surface area contributed by atoms with Crippen LogP contribution in [-0.4, -0.2) is 21.3 Å². The topological polar surface area (TPSA) is 18.5 Å². The van der Waals surface area contributed by atoms with Crippen molar-refractivity contribution in [1.29, 1.82) is 0 Å². The first-order valence-electron chi connectivity index (χ1n) is 6.33. The second kappa shape index (κ2) is 4.11. The van der Waals surface area contributed by atoms with Crippen LogP contribution in [0, 0.1) is 5.92 Å². The van der Waals surface area contributed by atoms with E-state index in [-0.39, 0.29) is 10.1 Å². The number of rotatable bonds is 0. The highest BCUT2D eigenvalue weighted by Crippen LogP contribution is 2.54. The minimum atomic E-state index is -2.19. The van der Waals surface area contributed by atoms with E-state index in [1.54, 1.807) is 0 Å². The fraction of sp³-hybridized carbons (Fsp3) is 1.00. The average Bonchev–Trinajstić information content (AvgIpc) is 2.05. The Morgan fingerprint density at radius 3 is 1.69 bits per heavy atom. The Bertz CT molecular complexity index is 236. The standard InChI is InChI=1S/C13H28O2Si/c1-10-9-14-16(12(3,4)5,13(6,7)8)15-11(10)2/h10-11H,9H2,1-8H3/t10-,11-/m1/s1. The average molecular weight is 244 g/mol. The van der Waals surface area contributed by atoms with E-state index in [9.17, 15) is 0 Å². The Balaban J connectivity index is 3.09. The van der Waals surface area contributed by atoms with Crippen LogP contribution in [0.4, 0.5) is 0 Å². The minimum Gasteiger partial charge on any atom is -0.393 e. The highest BCUT2D eigenvalue weighted by molar-refractivity contribution is 6.73. The van der Waals surface area contributed by atoms with Gasteiger partial charge in [-0.05, 0) is 6.92 Å². The molecule has 0 N–H and O–H groups in total. The summed E-state index contributed by atoms with van der Waals surface area (Å²) in [7, 11) is -2.19. The molecule has 96 valence electrons. The van der Waals surface area contributed by atoms with Gasteiger partial charge in [-0.3, -0.25) is 0 Å². The molecule has 0 saturated carbocycles. The highest BCUT2D eigenvalue weighted by Gasteiger charge is 2.60. The minimum absolute atomic E-state index is 0.111. The van der Waals surface area contributed by atoms with Crippen molar-refractivity contribution in [1.82, 2.24) is 0 Å². The van der Waals surface area contributed by atoms with Crippen molar-refractivity contribution in [3.8, 4) is 0 Å². The van der Waals surface area contributed by atoms with Gasteiger partial charge in [0.1, 0.15) is 0 Å². The summed E-state index contributed by atoms with van der Waals surface area (Å²) < 4.78 is 12.7. The second-order valence-electron chi connectivity index (χ2n) is 7.23. The van der Waals surface area contributed by atoms with Gasteiger partial charge in [0.15, 0.2) is 0 Å². The van der Waals surface area contributed by atoms with E-state index in [4.69, 9.17) is 8.85 Å². The van der Waals surface area contributed by atoms with Crippen LogP contribution in [0.3, 0.4) is 0 Å². The molecular weight excluding hydrogens is 216 g/mol. The Morgan fingerprint density at radius 2 is 1.38 bits per heavy atom. The smallest absolute Gasteiger partial charge is 0.349 e. The fourth-order valence-electron chi connectivity index (χ4n) is 2.71. The van der Waals surface area contributed by atoms with E-state index in [0.29, 0.717) is 12.0 Å². The quantitative estimate of drug-likeness (QED) is 0.597. The van der Waals surface area contributed by atoms with Crippen LogP contribution in [0.2, 0.25) is 10.1 Å². The Labute approximate surface area is 102 Å². The summed E-state index contributed by atoms with van der Waals surface area (Å²) in [6, 6.07) is 0. The monoisotopic (exact) mass is 244 g/mol. The fourth-order valence-corrected chi connectivity index (χ4v) is 7.85. The number of hydrogen-bond donors (Lipinski definition) is 0. The van der Waals surface area contributed by atoms with Crippen LogP contribution in [0.5, 0.6) is 0 Å². The molecule has 1 heterocycles. The van der Waals surface area contributed by atoms with Gasteiger partial charge in [0.05, 0.1) is 0 Å². The molecule has 0 aromatic heterocycles. The summed E-state index contributed by atoms with van der Waals surface area (Å²) in [5.74, 6) is 0.505. The van der Waals surface area contributed by atoms with Gasteiger partial charge in [0, 0.05) is 28.7 Å².